The van der Waals surface area contributed by atoms with Crippen LogP contribution < -0.4 is 5.32 Å². The Morgan fingerprint density at radius 1 is 1.25 bits per heavy atom. The zero-order valence-corrected chi connectivity index (χ0v) is 13.2. The molecular weight excluding hydrogens is 346 g/mol. The Hall–Kier alpha value is -1.47. The number of hydrogen-bond donors (Lipinski definition) is 2. The van der Waals surface area contributed by atoms with Gasteiger partial charge in [0.15, 0.2) is 5.57 Å². The normalized spacial score (nSPS) is 17.3. The average Bonchev–Trinajstić information content (AvgIpc) is 2.31. The van der Waals surface area contributed by atoms with Crippen molar-refractivity contribution >= 4 is 46.2 Å². The molecule has 1 aliphatic rings. The van der Waals surface area contributed by atoms with Gasteiger partial charge in [0, 0.05) is 29.4 Å². The molecule has 0 aliphatic carbocycles. The number of cyclic esters (lactones) is 2. The Balaban J connectivity index is 2.22. The number of halogens is 1. The maximum atomic E-state index is 11.7. The van der Waals surface area contributed by atoms with Crippen LogP contribution in [0.2, 0.25) is 0 Å². The summed E-state index contributed by atoms with van der Waals surface area (Å²) in [6.45, 7) is 2.99. The number of carbonyl (C=O) groups is 2. The largest absolute Gasteiger partial charge is 0.419 e. The highest BCUT2D eigenvalue weighted by atomic mass is 79.9. The van der Waals surface area contributed by atoms with Gasteiger partial charge in [0.25, 0.3) is 5.79 Å². The SMILES string of the molecule is CC1(C)OC(=O)C(=CNc2cccc(Br)c2S)C(=O)O1. The number of hydrogen-bond acceptors (Lipinski definition) is 6. The Kier molecular flexibility index (Phi) is 4.10. The molecule has 1 aromatic carbocycles. The third-order valence-electron chi connectivity index (χ3n) is 2.48. The molecule has 5 nitrogen and oxygen atoms in total. The molecule has 0 amide bonds. The van der Waals surface area contributed by atoms with Crippen LogP contribution >= 0.6 is 28.6 Å². The van der Waals surface area contributed by atoms with Gasteiger partial charge in [0.2, 0.25) is 0 Å². The summed E-state index contributed by atoms with van der Waals surface area (Å²) in [5.41, 5.74) is 0.442. The van der Waals surface area contributed by atoms with Gasteiger partial charge in [0.05, 0.1) is 5.69 Å². The van der Waals surface area contributed by atoms with Crippen molar-refractivity contribution in [2.45, 2.75) is 24.5 Å². The number of benzene rings is 1. The number of esters is 2. The summed E-state index contributed by atoms with van der Waals surface area (Å²) in [6.07, 6.45) is 1.25. The number of ether oxygens (including phenoxy) is 2. The third-order valence-corrected chi connectivity index (χ3v) is 3.92. The minimum atomic E-state index is -1.24. The molecule has 1 aliphatic heterocycles. The highest BCUT2D eigenvalue weighted by Gasteiger charge is 2.38. The van der Waals surface area contributed by atoms with E-state index in [1.54, 1.807) is 12.1 Å². The lowest BCUT2D eigenvalue weighted by molar-refractivity contribution is -0.222. The molecule has 1 aromatic rings. The molecule has 1 heterocycles. The van der Waals surface area contributed by atoms with Crippen LogP contribution in [0.15, 0.2) is 39.3 Å². The van der Waals surface area contributed by atoms with Crippen LogP contribution in [-0.4, -0.2) is 17.7 Å². The van der Waals surface area contributed by atoms with Crippen molar-refractivity contribution in [3.8, 4) is 0 Å². The molecule has 0 aromatic heterocycles. The number of rotatable bonds is 2. The van der Waals surface area contributed by atoms with Gasteiger partial charge in [-0.3, -0.25) is 0 Å². The molecule has 0 radical (unpaired) electrons. The van der Waals surface area contributed by atoms with E-state index >= 15 is 0 Å². The number of nitrogens with one attached hydrogen (secondary N) is 1. The summed E-state index contributed by atoms with van der Waals surface area (Å²) in [6, 6.07) is 5.38. The van der Waals surface area contributed by atoms with Gasteiger partial charge in [-0.25, -0.2) is 9.59 Å². The van der Waals surface area contributed by atoms with E-state index < -0.39 is 17.7 Å². The van der Waals surface area contributed by atoms with E-state index in [-0.39, 0.29) is 5.57 Å². The Bertz CT molecular complexity index is 590. The van der Waals surface area contributed by atoms with Gasteiger partial charge in [-0.05, 0) is 28.1 Å². The lowest BCUT2D eigenvalue weighted by Gasteiger charge is -2.29. The Morgan fingerprint density at radius 3 is 2.45 bits per heavy atom. The second-order valence-electron chi connectivity index (χ2n) is 4.52. The standard InChI is InChI=1S/C13H12BrNO4S/c1-13(2)18-11(16)7(12(17)19-13)6-15-9-5-3-4-8(14)10(9)20/h3-6,15,20H,1-2H3. The van der Waals surface area contributed by atoms with E-state index in [2.05, 4.69) is 33.9 Å². The maximum Gasteiger partial charge on any atom is 0.350 e. The van der Waals surface area contributed by atoms with Crippen LogP contribution in [0.3, 0.4) is 0 Å². The molecule has 0 atom stereocenters. The van der Waals surface area contributed by atoms with E-state index in [1.165, 1.54) is 20.0 Å². The fourth-order valence-corrected chi connectivity index (χ4v) is 2.14. The summed E-state index contributed by atoms with van der Waals surface area (Å²) in [5.74, 6) is -2.69. The van der Waals surface area contributed by atoms with Crippen molar-refractivity contribution in [1.82, 2.24) is 0 Å². The number of carbonyl (C=O) groups excluding carboxylic acids is 2. The Labute approximate surface area is 129 Å². The van der Waals surface area contributed by atoms with E-state index in [1.807, 2.05) is 6.07 Å². The molecule has 0 bridgehead atoms. The highest BCUT2D eigenvalue weighted by molar-refractivity contribution is 9.10. The molecule has 20 heavy (non-hydrogen) atoms. The summed E-state index contributed by atoms with van der Waals surface area (Å²) in [5, 5.41) is 2.84. The van der Waals surface area contributed by atoms with Crippen LogP contribution in [0.4, 0.5) is 5.69 Å². The average molecular weight is 358 g/mol. The van der Waals surface area contributed by atoms with Gasteiger partial charge in [-0.1, -0.05) is 6.07 Å². The molecule has 1 fully saturated rings. The minimum Gasteiger partial charge on any atom is -0.419 e. The van der Waals surface area contributed by atoms with Gasteiger partial charge in [-0.15, -0.1) is 12.6 Å². The molecule has 2 rings (SSSR count). The first-order valence-electron chi connectivity index (χ1n) is 5.71. The van der Waals surface area contributed by atoms with Crippen molar-refractivity contribution in [1.29, 1.82) is 0 Å². The topological polar surface area (TPSA) is 64.6 Å². The van der Waals surface area contributed by atoms with Crippen LogP contribution in [0.1, 0.15) is 13.8 Å². The first-order valence-corrected chi connectivity index (χ1v) is 6.95. The molecule has 7 heteroatoms. The molecule has 1 saturated heterocycles. The second-order valence-corrected chi connectivity index (χ2v) is 5.82. The first-order chi connectivity index (χ1) is 9.30. The van der Waals surface area contributed by atoms with Crippen molar-refractivity contribution in [3.05, 3.63) is 34.4 Å². The van der Waals surface area contributed by atoms with Crippen molar-refractivity contribution < 1.29 is 19.1 Å². The smallest absolute Gasteiger partial charge is 0.350 e. The zero-order chi connectivity index (χ0) is 14.9. The lowest BCUT2D eigenvalue weighted by Crippen LogP contribution is -2.42. The third kappa shape index (κ3) is 3.16. The van der Waals surface area contributed by atoms with E-state index in [0.29, 0.717) is 10.6 Å². The van der Waals surface area contributed by atoms with Gasteiger partial charge < -0.3 is 14.8 Å². The van der Waals surface area contributed by atoms with Gasteiger partial charge in [0.1, 0.15) is 0 Å². The summed E-state index contributed by atoms with van der Waals surface area (Å²) in [7, 11) is 0. The Morgan fingerprint density at radius 2 is 1.85 bits per heavy atom. The molecule has 0 saturated carbocycles. The number of thiol groups is 1. The molecule has 106 valence electrons. The van der Waals surface area contributed by atoms with Crippen LogP contribution in [0.5, 0.6) is 0 Å². The number of anilines is 1. The maximum absolute atomic E-state index is 11.7. The van der Waals surface area contributed by atoms with Crippen LogP contribution in [0, 0.1) is 0 Å². The minimum absolute atomic E-state index is 0.197. The predicted octanol–water partition coefficient (Wildman–Crippen LogP) is 2.87. The van der Waals surface area contributed by atoms with Gasteiger partial charge >= 0.3 is 11.9 Å². The monoisotopic (exact) mass is 357 g/mol. The van der Waals surface area contributed by atoms with E-state index in [9.17, 15) is 9.59 Å². The molecule has 0 unspecified atom stereocenters. The fraction of sp³-hybridized carbons (Fsp3) is 0.231. The summed E-state index contributed by atoms with van der Waals surface area (Å²) in [4.78, 5) is 24.1. The summed E-state index contributed by atoms with van der Waals surface area (Å²) >= 11 is 7.64. The molecule has 0 spiro atoms. The molecule has 1 N–H and O–H groups in total. The quantitative estimate of drug-likeness (QED) is 0.368. The first kappa shape index (κ1) is 14.9. The lowest BCUT2D eigenvalue weighted by atomic mass is 10.2. The second kappa shape index (κ2) is 5.49. The predicted molar refractivity (Wildman–Crippen MR) is 79.4 cm³/mol. The van der Waals surface area contributed by atoms with Crippen molar-refractivity contribution in [2.24, 2.45) is 0 Å². The highest BCUT2D eigenvalue weighted by Crippen LogP contribution is 2.29. The van der Waals surface area contributed by atoms with Crippen LogP contribution in [-0.2, 0) is 19.1 Å². The summed E-state index contributed by atoms with van der Waals surface area (Å²) < 4.78 is 10.8. The molecular formula is C13H12BrNO4S. The van der Waals surface area contributed by atoms with E-state index in [4.69, 9.17) is 9.47 Å². The fourth-order valence-electron chi connectivity index (χ4n) is 1.56. The van der Waals surface area contributed by atoms with Gasteiger partial charge in [-0.2, -0.15) is 0 Å². The van der Waals surface area contributed by atoms with Crippen molar-refractivity contribution in [3.63, 3.8) is 0 Å². The van der Waals surface area contributed by atoms with Crippen LogP contribution in [0.25, 0.3) is 0 Å². The van der Waals surface area contributed by atoms with Crippen molar-refractivity contribution in [2.75, 3.05) is 5.32 Å². The van der Waals surface area contributed by atoms with E-state index in [0.717, 1.165) is 4.47 Å². The zero-order valence-electron chi connectivity index (χ0n) is 10.8.